The summed E-state index contributed by atoms with van der Waals surface area (Å²) in [6, 6.07) is 2.41. The van der Waals surface area contributed by atoms with Crippen LogP contribution in [0.25, 0.3) is 0 Å². The van der Waals surface area contributed by atoms with E-state index in [2.05, 4.69) is 15.8 Å². The van der Waals surface area contributed by atoms with Crippen LogP contribution in [0.1, 0.15) is 17.3 Å². The van der Waals surface area contributed by atoms with Gasteiger partial charge in [-0.05, 0) is 19.1 Å². The molecule has 6 N–H and O–H groups in total. The standard InChI is InChI=1S/C9H12N4O2.2ClH.H2O/c1-6(10)8(14)12-13-9(15)7-2-4-11-5-3-7;;;/h2-6H,10H2,1H3,(H,12,14)(H,13,15);2*1H;1H2/t6-;;;/m1.../s1. The lowest BCUT2D eigenvalue weighted by atomic mass is 10.2. The molecule has 0 aliphatic rings. The van der Waals surface area contributed by atoms with Gasteiger partial charge in [-0.25, -0.2) is 0 Å². The number of nitrogens with two attached hydrogens (primary N) is 1. The minimum Gasteiger partial charge on any atom is -0.412 e. The first-order valence-electron chi connectivity index (χ1n) is 4.37. The number of halogens is 2. The average Bonchev–Trinajstić information content (AvgIpc) is 2.26. The first kappa shape index (κ1) is 21.8. The maximum atomic E-state index is 11.4. The molecule has 2 amide bonds. The van der Waals surface area contributed by atoms with E-state index in [0.29, 0.717) is 5.56 Å². The van der Waals surface area contributed by atoms with E-state index >= 15 is 0 Å². The number of carbonyl (C=O) groups is 2. The molecule has 1 aromatic rings. The van der Waals surface area contributed by atoms with Crippen molar-refractivity contribution in [2.75, 3.05) is 0 Å². The van der Waals surface area contributed by atoms with Crippen LogP contribution in [-0.4, -0.2) is 28.3 Å². The highest BCUT2D eigenvalue weighted by molar-refractivity contribution is 5.95. The van der Waals surface area contributed by atoms with Gasteiger partial charge in [0.2, 0.25) is 0 Å². The van der Waals surface area contributed by atoms with Gasteiger partial charge in [-0.15, -0.1) is 24.8 Å². The van der Waals surface area contributed by atoms with Crippen LogP contribution >= 0.6 is 24.8 Å². The van der Waals surface area contributed by atoms with Crippen LogP contribution in [0.15, 0.2) is 24.5 Å². The molecule has 0 spiro atoms. The van der Waals surface area contributed by atoms with Gasteiger partial charge in [-0.2, -0.15) is 0 Å². The van der Waals surface area contributed by atoms with Gasteiger partial charge in [0.25, 0.3) is 11.8 Å². The van der Waals surface area contributed by atoms with Gasteiger partial charge in [0, 0.05) is 18.0 Å². The van der Waals surface area contributed by atoms with Crippen molar-refractivity contribution in [1.29, 1.82) is 0 Å². The molecule has 104 valence electrons. The quantitative estimate of drug-likeness (QED) is 0.618. The molecule has 0 fully saturated rings. The topological polar surface area (TPSA) is 129 Å². The van der Waals surface area contributed by atoms with Crippen molar-refractivity contribution in [2.45, 2.75) is 13.0 Å². The minimum atomic E-state index is -0.664. The predicted molar refractivity (Wildman–Crippen MR) is 71.6 cm³/mol. The Labute approximate surface area is 117 Å². The smallest absolute Gasteiger partial charge is 0.269 e. The number of hydrazine groups is 1. The van der Waals surface area contributed by atoms with E-state index in [1.807, 2.05) is 0 Å². The van der Waals surface area contributed by atoms with Gasteiger partial charge in [0.05, 0.1) is 6.04 Å². The molecule has 0 aliphatic heterocycles. The second kappa shape index (κ2) is 10.7. The first-order chi connectivity index (χ1) is 7.11. The Kier molecular flexibility index (Phi) is 13.0. The van der Waals surface area contributed by atoms with Gasteiger partial charge >= 0.3 is 0 Å². The highest BCUT2D eigenvalue weighted by Gasteiger charge is 2.09. The third kappa shape index (κ3) is 7.02. The fraction of sp³-hybridized carbons (Fsp3) is 0.222. The van der Waals surface area contributed by atoms with E-state index in [-0.39, 0.29) is 30.3 Å². The lowest BCUT2D eigenvalue weighted by molar-refractivity contribution is -0.122. The molecule has 9 heteroatoms. The Morgan fingerprint density at radius 2 is 1.72 bits per heavy atom. The summed E-state index contributed by atoms with van der Waals surface area (Å²) in [5, 5.41) is 0. The summed E-state index contributed by atoms with van der Waals surface area (Å²) >= 11 is 0. The normalized spacial score (nSPS) is 9.67. The number of hydrogen-bond donors (Lipinski definition) is 3. The summed E-state index contributed by atoms with van der Waals surface area (Å²) in [6.45, 7) is 1.52. The third-order valence-electron chi connectivity index (χ3n) is 1.66. The van der Waals surface area contributed by atoms with E-state index in [0.717, 1.165) is 0 Å². The van der Waals surface area contributed by atoms with Gasteiger partial charge in [0.15, 0.2) is 0 Å². The average molecular weight is 299 g/mol. The number of nitrogens with zero attached hydrogens (tertiary/aromatic N) is 1. The van der Waals surface area contributed by atoms with Gasteiger partial charge in [0.1, 0.15) is 0 Å². The summed E-state index contributed by atoms with van der Waals surface area (Å²) in [4.78, 5) is 26.2. The summed E-state index contributed by atoms with van der Waals surface area (Å²) in [5.41, 5.74) is 10.1. The van der Waals surface area contributed by atoms with E-state index in [4.69, 9.17) is 5.73 Å². The van der Waals surface area contributed by atoms with Crippen molar-refractivity contribution < 1.29 is 15.1 Å². The molecule has 1 atom stereocenters. The zero-order chi connectivity index (χ0) is 11.3. The van der Waals surface area contributed by atoms with Crippen LogP contribution in [0.4, 0.5) is 0 Å². The largest absolute Gasteiger partial charge is 0.412 e. The Morgan fingerprint density at radius 3 is 2.17 bits per heavy atom. The van der Waals surface area contributed by atoms with Gasteiger partial charge in [-0.1, -0.05) is 0 Å². The second-order valence-corrected chi connectivity index (χ2v) is 2.97. The number of rotatable bonds is 2. The number of pyridine rings is 1. The van der Waals surface area contributed by atoms with Crippen molar-refractivity contribution in [3.05, 3.63) is 30.1 Å². The maximum Gasteiger partial charge on any atom is 0.269 e. The molecule has 7 nitrogen and oxygen atoms in total. The molecule has 1 rings (SSSR count). The molecule has 0 radical (unpaired) electrons. The summed E-state index contributed by atoms with van der Waals surface area (Å²) in [7, 11) is 0. The molecular formula is C9H16Cl2N4O3. The van der Waals surface area contributed by atoms with Crippen LogP contribution in [0, 0.1) is 0 Å². The van der Waals surface area contributed by atoms with Crippen LogP contribution < -0.4 is 16.6 Å². The number of nitrogens with one attached hydrogen (secondary N) is 2. The molecule has 0 aliphatic carbocycles. The number of amides is 2. The Hall–Kier alpha value is -1.41. The van der Waals surface area contributed by atoms with Crippen molar-refractivity contribution in [3.8, 4) is 0 Å². The maximum absolute atomic E-state index is 11.4. The van der Waals surface area contributed by atoms with E-state index < -0.39 is 17.9 Å². The van der Waals surface area contributed by atoms with Crippen LogP contribution in [-0.2, 0) is 4.79 Å². The van der Waals surface area contributed by atoms with E-state index in [1.54, 1.807) is 0 Å². The van der Waals surface area contributed by atoms with Gasteiger partial charge < -0.3 is 11.2 Å². The minimum absolute atomic E-state index is 0. The highest BCUT2D eigenvalue weighted by Crippen LogP contribution is 1.94. The van der Waals surface area contributed by atoms with Crippen molar-refractivity contribution >= 4 is 36.6 Å². The molecule has 1 aromatic heterocycles. The molecule has 0 bridgehead atoms. The summed E-state index contributed by atoms with van der Waals surface area (Å²) in [6.07, 6.45) is 2.98. The van der Waals surface area contributed by atoms with Crippen LogP contribution in [0.3, 0.4) is 0 Å². The Balaban J connectivity index is -0.000000750. The molecule has 0 aromatic carbocycles. The van der Waals surface area contributed by atoms with E-state index in [1.165, 1.54) is 31.5 Å². The lowest BCUT2D eigenvalue weighted by Gasteiger charge is -2.08. The fourth-order valence-electron chi connectivity index (χ4n) is 0.808. The fourth-order valence-corrected chi connectivity index (χ4v) is 0.808. The molecule has 1 heterocycles. The van der Waals surface area contributed by atoms with Crippen molar-refractivity contribution in [1.82, 2.24) is 15.8 Å². The zero-order valence-corrected chi connectivity index (χ0v) is 11.2. The number of hydrogen-bond acceptors (Lipinski definition) is 4. The van der Waals surface area contributed by atoms with Crippen molar-refractivity contribution in [2.24, 2.45) is 5.73 Å². The van der Waals surface area contributed by atoms with Crippen LogP contribution in [0.5, 0.6) is 0 Å². The van der Waals surface area contributed by atoms with Gasteiger partial charge in [-0.3, -0.25) is 25.4 Å². The molecule has 0 unspecified atom stereocenters. The highest BCUT2D eigenvalue weighted by atomic mass is 35.5. The first-order valence-corrected chi connectivity index (χ1v) is 4.37. The Morgan fingerprint density at radius 1 is 1.22 bits per heavy atom. The summed E-state index contributed by atoms with van der Waals surface area (Å²) < 4.78 is 0. The van der Waals surface area contributed by atoms with Crippen molar-refractivity contribution in [3.63, 3.8) is 0 Å². The van der Waals surface area contributed by atoms with E-state index in [9.17, 15) is 9.59 Å². The SMILES string of the molecule is C[C@@H](N)C(=O)NNC(=O)c1ccncc1.Cl.Cl.O. The molecule has 18 heavy (non-hydrogen) atoms. The lowest BCUT2D eigenvalue weighted by Crippen LogP contribution is -2.48. The van der Waals surface area contributed by atoms with Crippen LogP contribution in [0.2, 0.25) is 0 Å². The third-order valence-corrected chi connectivity index (χ3v) is 1.66. The number of carbonyl (C=O) groups excluding carboxylic acids is 2. The zero-order valence-electron chi connectivity index (χ0n) is 9.54. The molecule has 0 saturated heterocycles. The molecule has 0 saturated carbocycles. The Bertz CT molecular complexity index is 362. The number of aromatic nitrogens is 1. The monoisotopic (exact) mass is 298 g/mol. The second-order valence-electron chi connectivity index (χ2n) is 2.97. The predicted octanol–water partition coefficient (Wildman–Crippen LogP) is -0.791. The summed E-state index contributed by atoms with van der Waals surface area (Å²) in [5.74, 6) is -0.858. The molecular weight excluding hydrogens is 283 g/mol.